The van der Waals surface area contributed by atoms with Crippen LogP contribution in [0.4, 0.5) is 19.2 Å². The van der Waals surface area contributed by atoms with E-state index in [-0.39, 0.29) is 47.7 Å². The average molecular weight is 750 g/mol. The van der Waals surface area contributed by atoms with E-state index in [1.807, 2.05) is 0 Å². The zero-order valence-corrected chi connectivity index (χ0v) is 25.6. The molecule has 220 valence electrons. The molecule has 0 fully saturated rings. The first-order valence-electron chi connectivity index (χ1n) is 10.8. The molecule has 1 aliphatic heterocycles. The number of hydrogen-bond donors (Lipinski definition) is 2. The van der Waals surface area contributed by atoms with Gasteiger partial charge >= 0.3 is 24.6 Å². The lowest BCUT2D eigenvalue weighted by molar-refractivity contribution is 0.0879. The lowest BCUT2D eigenvalue weighted by atomic mass is 9.88. The normalized spacial score (nSPS) is 13.2. The number of rotatable bonds is 2. The minimum absolute atomic E-state index is 0.0557. The summed E-state index contributed by atoms with van der Waals surface area (Å²) in [5.41, 5.74) is 0. The molecule has 0 amide bonds. The van der Waals surface area contributed by atoms with Gasteiger partial charge in [0.05, 0.1) is 30.9 Å². The molecule has 1 heterocycles. The van der Waals surface area contributed by atoms with Crippen molar-refractivity contribution in [2.24, 2.45) is 0 Å². The van der Waals surface area contributed by atoms with E-state index in [0.717, 1.165) is 0 Å². The number of benzene rings is 5. The summed E-state index contributed by atoms with van der Waals surface area (Å²) in [4.78, 5) is 47.9. The topological polar surface area (TPSA) is 155 Å². The first kappa shape index (κ1) is 30.0. The maximum Gasteiger partial charge on any atom is 0.524 e. The highest BCUT2D eigenvalue weighted by molar-refractivity contribution is 6.61. The van der Waals surface area contributed by atoms with E-state index in [4.69, 9.17) is 112 Å². The van der Waals surface area contributed by atoms with E-state index in [0.29, 0.717) is 0 Å². The van der Waals surface area contributed by atoms with Gasteiger partial charge in [0.15, 0.2) is 23.0 Å². The molecule has 0 atom stereocenters. The fraction of sp³-hybridized carbons (Fsp3) is 0. The summed E-state index contributed by atoms with van der Waals surface area (Å²) in [6, 6.07) is 0. The van der Waals surface area contributed by atoms with Crippen LogP contribution in [0.2, 0.25) is 40.2 Å². The molecule has 0 aromatic heterocycles. The van der Waals surface area contributed by atoms with Gasteiger partial charge < -0.3 is 33.9 Å². The number of ether oxygens (including phenoxy) is 5. The molecule has 0 saturated heterocycles. The zero-order chi connectivity index (χ0) is 31.4. The van der Waals surface area contributed by atoms with Crippen molar-refractivity contribution in [2.45, 2.75) is 0 Å². The first-order valence-corrected chi connectivity index (χ1v) is 13.8. The monoisotopic (exact) mass is 746 g/mol. The standard InChI is InChI=1S/C24H2Cl8O11/c25-9-3-1-4(10(26)14(30)18(40-22(35)36)7(1)17(13(9)29)39-21(33)34)6-2-5(3)11(27)15(31)19-8(2)20(16(32)12(6)28)42-24(38)43-23(37)41-19/h(H,33,34)(H,35,36). The Balaban J connectivity index is 2.08. The van der Waals surface area contributed by atoms with Gasteiger partial charge in [-0.15, -0.1) is 0 Å². The average Bonchev–Trinajstić information content (AvgIpc) is 2.92. The van der Waals surface area contributed by atoms with E-state index >= 15 is 0 Å². The van der Waals surface area contributed by atoms with Crippen LogP contribution in [0.5, 0.6) is 23.0 Å². The Labute approximate surface area is 275 Å². The highest BCUT2D eigenvalue weighted by Gasteiger charge is 2.37. The molecule has 0 bridgehead atoms. The van der Waals surface area contributed by atoms with Crippen molar-refractivity contribution in [3.63, 3.8) is 0 Å². The van der Waals surface area contributed by atoms with Crippen molar-refractivity contribution in [1.29, 1.82) is 0 Å². The number of cyclic esters (lactones) is 2. The molecule has 5 aromatic rings. The van der Waals surface area contributed by atoms with Gasteiger partial charge in [-0.25, -0.2) is 19.2 Å². The first-order chi connectivity index (χ1) is 20.2. The molecule has 2 N–H and O–H groups in total. The van der Waals surface area contributed by atoms with Gasteiger partial charge in [0, 0.05) is 32.3 Å². The molecule has 0 saturated carbocycles. The number of carbonyl (C=O) groups excluding carboxylic acids is 2. The number of carboxylic acid groups (broad SMARTS) is 2. The van der Waals surface area contributed by atoms with Gasteiger partial charge in [-0.2, -0.15) is 0 Å². The largest absolute Gasteiger partial charge is 0.524 e. The van der Waals surface area contributed by atoms with Crippen LogP contribution in [-0.4, -0.2) is 34.8 Å². The van der Waals surface area contributed by atoms with Gasteiger partial charge in [-0.05, 0) is 0 Å². The molecule has 0 aliphatic carbocycles. The lowest BCUT2D eigenvalue weighted by Gasteiger charge is -2.25. The van der Waals surface area contributed by atoms with Crippen LogP contribution >= 0.6 is 92.8 Å². The van der Waals surface area contributed by atoms with Crippen molar-refractivity contribution in [1.82, 2.24) is 0 Å². The fourth-order valence-corrected chi connectivity index (χ4v) is 6.91. The third-order valence-electron chi connectivity index (χ3n) is 6.27. The highest BCUT2D eigenvalue weighted by Crippen LogP contribution is 2.62. The molecular formula is C24H2Cl8O11. The summed E-state index contributed by atoms with van der Waals surface area (Å²) in [6.45, 7) is 0. The van der Waals surface area contributed by atoms with Gasteiger partial charge in [0.1, 0.15) is 20.1 Å². The molecule has 19 heteroatoms. The van der Waals surface area contributed by atoms with E-state index in [2.05, 4.69) is 4.74 Å². The van der Waals surface area contributed by atoms with Crippen molar-refractivity contribution in [2.75, 3.05) is 0 Å². The predicted octanol–water partition coefficient (Wildman–Crippen LogP) is 11.1. The molecule has 5 aromatic carbocycles. The molecular weight excluding hydrogens is 748 g/mol. The van der Waals surface area contributed by atoms with Crippen LogP contribution in [-0.2, 0) is 4.74 Å². The number of fused-ring (bicyclic) bond motifs is 2. The minimum atomic E-state index is -1.88. The zero-order valence-electron chi connectivity index (χ0n) is 19.6. The third-order valence-corrected chi connectivity index (χ3v) is 9.61. The van der Waals surface area contributed by atoms with Crippen LogP contribution in [0.3, 0.4) is 0 Å². The SMILES string of the molecule is O=C(O)Oc1c(Cl)c(Cl)c2c3c(Cl)c(Cl)c4c5c(c(Cl)c(Cl)c(c6c(Cl)c(Cl)c(OC(=O)O)c1c26)c53)OC(=O)OC(=O)O4. The smallest absolute Gasteiger partial charge is 0.449 e. The van der Waals surface area contributed by atoms with Gasteiger partial charge in [0.25, 0.3) is 0 Å². The molecule has 0 spiro atoms. The second-order valence-electron chi connectivity index (χ2n) is 8.37. The Morgan fingerprint density at radius 3 is 1.12 bits per heavy atom. The molecule has 1 aliphatic rings. The Hall–Kier alpha value is -3.00. The number of hydrogen-bond acceptors (Lipinski definition) is 9. The van der Waals surface area contributed by atoms with Crippen LogP contribution in [0.1, 0.15) is 0 Å². The Kier molecular flexibility index (Phi) is 7.19. The van der Waals surface area contributed by atoms with Gasteiger partial charge in [-0.1, -0.05) is 92.8 Å². The van der Waals surface area contributed by atoms with Crippen LogP contribution < -0.4 is 18.9 Å². The third kappa shape index (κ3) is 4.18. The number of halogens is 8. The maximum absolute atomic E-state index is 12.3. The molecule has 0 radical (unpaired) electrons. The van der Waals surface area contributed by atoms with Crippen molar-refractivity contribution in [3.8, 4) is 23.0 Å². The maximum atomic E-state index is 12.3. The summed E-state index contributed by atoms with van der Waals surface area (Å²) in [5.74, 6) is -2.33. The van der Waals surface area contributed by atoms with Crippen LogP contribution in [0.25, 0.3) is 43.1 Å². The van der Waals surface area contributed by atoms with E-state index in [1.165, 1.54) is 0 Å². The quantitative estimate of drug-likeness (QED) is 0.0582. The molecule has 0 unspecified atom stereocenters. The van der Waals surface area contributed by atoms with E-state index in [9.17, 15) is 29.4 Å². The fourth-order valence-electron chi connectivity index (χ4n) is 4.90. The summed E-state index contributed by atoms with van der Waals surface area (Å²) < 4.78 is 24.6. The highest BCUT2D eigenvalue weighted by atomic mass is 35.5. The summed E-state index contributed by atoms with van der Waals surface area (Å²) >= 11 is 53.0. The predicted molar refractivity (Wildman–Crippen MR) is 158 cm³/mol. The van der Waals surface area contributed by atoms with Crippen LogP contribution in [0, 0.1) is 0 Å². The Morgan fingerprint density at radius 1 is 0.442 bits per heavy atom. The minimum Gasteiger partial charge on any atom is -0.449 e. The summed E-state index contributed by atoms with van der Waals surface area (Å²) in [5, 5.41) is 14.1. The van der Waals surface area contributed by atoms with E-state index in [1.54, 1.807) is 0 Å². The molecule has 6 rings (SSSR count). The second-order valence-corrected chi connectivity index (χ2v) is 11.4. The van der Waals surface area contributed by atoms with Crippen LogP contribution in [0.15, 0.2) is 0 Å². The second kappa shape index (κ2) is 10.3. The summed E-state index contributed by atoms with van der Waals surface area (Å²) in [7, 11) is 0. The Morgan fingerprint density at radius 2 is 0.767 bits per heavy atom. The molecule has 43 heavy (non-hydrogen) atoms. The molecule has 11 nitrogen and oxygen atoms in total. The lowest BCUT2D eigenvalue weighted by Crippen LogP contribution is -2.22. The van der Waals surface area contributed by atoms with Gasteiger partial charge in [0.2, 0.25) is 0 Å². The Bertz CT molecular complexity index is 2050. The van der Waals surface area contributed by atoms with Crippen molar-refractivity contribution >= 4 is 161 Å². The van der Waals surface area contributed by atoms with Crippen molar-refractivity contribution in [3.05, 3.63) is 40.2 Å². The van der Waals surface area contributed by atoms with E-state index < -0.39 is 83.1 Å². The van der Waals surface area contributed by atoms with Crippen molar-refractivity contribution < 1.29 is 53.1 Å². The number of carbonyl (C=O) groups is 4. The summed E-state index contributed by atoms with van der Waals surface area (Å²) in [6.07, 6.45) is -6.83. The van der Waals surface area contributed by atoms with Gasteiger partial charge in [-0.3, -0.25) is 0 Å².